The Kier molecular flexibility index (Phi) is 7.87. The molecular weight excluding hydrogens is 308 g/mol. The minimum Gasteiger partial charge on any atom is -0.461 e. The lowest BCUT2D eigenvalue weighted by molar-refractivity contribution is -0.134. The zero-order valence-electron chi connectivity index (χ0n) is 14.5. The summed E-state index contributed by atoms with van der Waals surface area (Å²) in [5.41, 5.74) is -0.671. The molecule has 0 radical (unpaired) electrons. The molecule has 0 aliphatic heterocycles. The zero-order chi connectivity index (χ0) is 17.6. The molecule has 0 unspecified atom stereocenters. The monoisotopic (exact) mass is 334 g/mol. The molecule has 0 saturated carbocycles. The second-order valence-electron chi connectivity index (χ2n) is 7.03. The van der Waals surface area contributed by atoms with Crippen LogP contribution in [0.25, 0.3) is 0 Å². The van der Waals surface area contributed by atoms with Gasteiger partial charge in [-0.3, -0.25) is 0 Å². The van der Waals surface area contributed by atoms with Gasteiger partial charge in [-0.25, -0.2) is 9.59 Å². The van der Waals surface area contributed by atoms with Crippen molar-refractivity contribution in [1.29, 1.82) is 0 Å². The fourth-order valence-corrected chi connectivity index (χ4v) is 1.42. The molecule has 0 bridgehead atoms. The Bertz CT molecular complexity index is 422. The first-order valence-electron chi connectivity index (χ1n) is 7.27. The van der Waals surface area contributed by atoms with Gasteiger partial charge in [0.05, 0.1) is 6.61 Å². The molecule has 1 amide bonds. The molecule has 0 aromatic carbocycles. The predicted molar refractivity (Wildman–Crippen MR) is 86.9 cm³/mol. The Morgan fingerprint density at radius 1 is 1.14 bits per heavy atom. The van der Waals surface area contributed by atoms with Crippen molar-refractivity contribution in [2.75, 3.05) is 13.2 Å². The van der Waals surface area contributed by atoms with Crippen LogP contribution in [0, 0.1) is 5.41 Å². The summed E-state index contributed by atoms with van der Waals surface area (Å²) in [5.74, 6) is -0.770. The number of amides is 1. The summed E-state index contributed by atoms with van der Waals surface area (Å²) in [6, 6.07) is 0. The quantitative estimate of drug-likeness (QED) is 0.436. The molecule has 128 valence electrons. The molecule has 6 nitrogen and oxygen atoms in total. The molecule has 0 aromatic rings. The summed E-state index contributed by atoms with van der Waals surface area (Å²) in [6.45, 7) is 13.5. The van der Waals surface area contributed by atoms with Gasteiger partial charge < -0.3 is 9.47 Å². The smallest absolute Gasteiger partial charge is 0.430 e. The van der Waals surface area contributed by atoms with Gasteiger partial charge in [0.2, 0.25) is 5.17 Å². The fraction of sp³-hybridized carbons (Fsp3) is 0.800. The molecule has 0 saturated heterocycles. The van der Waals surface area contributed by atoms with E-state index in [0.29, 0.717) is 6.42 Å². The predicted octanol–water partition coefficient (Wildman–Crippen LogP) is 3.78. The zero-order valence-corrected chi connectivity index (χ0v) is 15.3. The largest absolute Gasteiger partial charge is 0.461 e. The molecule has 22 heavy (non-hydrogen) atoms. The first kappa shape index (κ1) is 20.7. The highest BCUT2D eigenvalue weighted by molar-refractivity contribution is 6.82. The minimum atomic E-state index is -0.770. The van der Waals surface area contributed by atoms with Gasteiger partial charge in [-0.15, -0.1) is 5.10 Å². The summed E-state index contributed by atoms with van der Waals surface area (Å²) in [6.07, 6.45) is 0.0159. The van der Waals surface area contributed by atoms with Gasteiger partial charge >= 0.3 is 12.1 Å². The van der Waals surface area contributed by atoms with Crippen molar-refractivity contribution in [3.63, 3.8) is 0 Å². The van der Waals surface area contributed by atoms with Crippen molar-refractivity contribution < 1.29 is 19.1 Å². The standard InChI is InChI=1S/C15H27ClN2O4/c1-8-21-12(19)11(16)17-18(10-9-14(2,3)4)13(20)22-15(5,6)7/h8-10H2,1-7H3/b17-11-. The SMILES string of the molecule is CCOC(=O)/C(Cl)=N/N(CCC(C)(C)C)C(=O)OC(C)(C)C. The number of esters is 1. The van der Waals surface area contributed by atoms with E-state index in [0.717, 1.165) is 5.01 Å². The number of ether oxygens (including phenoxy) is 2. The summed E-state index contributed by atoms with van der Waals surface area (Å²) >= 11 is 5.80. The van der Waals surface area contributed by atoms with Gasteiger partial charge in [0.15, 0.2) is 0 Å². The lowest BCUT2D eigenvalue weighted by atomic mass is 9.92. The van der Waals surface area contributed by atoms with E-state index >= 15 is 0 Å². The molecule has 0 fully saturated rings. The average molecular weight is 335 g/mol. The Morgan fingerprint density at radius 2 is 1.68 bits per heavy atom. The number of carbonyl (C=O) groups excluding carboxylic acids is 2. The number of rotatable bonds is 5. The highest BCUT2D eigenvalue weighted by Gasteiger charge is 2.25. The topological polar surface area (TPSA) is 68.2 Å². The molecule has 0 aromatic heterocycles. The minimum absolute atomic E-state index is 0.00775. The molecular formula is C15H27ClN2O4. The van der Waals surface area contributed by atoms with Crippen LogP contribution in [0.4, 0.5) is 4.79 Å². The van der Waals surface area contributed by atoms with Crippen molar-refractivity contribution in [3.8, 4) is 0 Å². The van der Waals surface area contributed by atoms with Crippen LogP contribution in [-0.4, -0.2) is 41.0 Å². The highest BCUT2D eigenvalue weighted by Crippen LogP contribution is 2.20. The van der Waals surface area contributed by atoms with E-state index in [1.54, 1.807) is 27.7 Å². The van der Waals surface area contributed by atoms with Crippen LogP contribution in [0.15, 0.2) is 5.10 Å². The van der Waals surface area contributed by atoms with E-state index in [1.807, 2.05) is 20.8 Å². The number of halogens is 1. The Hall–Kier alpha value is -1.30. The van der Waals surface area contributed by atoms with E-state index in [1.165, 1.54) is 0 Å². The number of carbonyl (C=O) groups is 2. The van der Waals surface area contributed by atoms with Crippen LogP contribution in [0.2, 0.25) is 0 Å². The average Bonchev–Trinajstić information content (AvgIpc) is 2.30. The second kappa shape index (κ2) is 8.36. The summed E-state index contributed by atoms with van der Waals surface area (Å²) in [5, 5.41) is 4.51. The van der Waals surface area contributed by atoms with Crippen LogP contribution in [0.1, 0.15) is 54.9 Å². The van der Waals surface area contributed by atoms with Gasteiger partial charge in [-0.2, -0.15) is 5.01 Å². The summed E-state index contributed by atoms with van der Waals surface area (Å²) in [4.78, 5) is 23.7. The maximum Gasteiger partial charge on any atom is 0.430 e. The maximum atomic E-state index is 12.2. The molecule has 0 aliphatic carbocycles. The van der Waals surface area contributed by atoms with Gasteiger partial charge in [-0.1, -0.05) is 32.4 Å². The van der Waals surface area contributed by atoms with Gasteiger partial charge in [-0.05, 0) is 39.5 Å². The van der Waals surface area contributed by atoms with Gasteiger partial charge in [0, 0.05) is 6.54 Å². The molecule has 0 atom stereocenters. The molecule has 0 heterocycles. The number of hydrogen-bond acceptors (Lipinski definition) is 5. The lowest BCUT2D eigenvalue weighted by Crippen LogP contribution is -2.36. The van der Waals surface area contributed by atoms with Crippen molar-refractivity contribution in [2.45, 2.75) is 60.5 Å². The van der Waals surface area contributed by atoms with Crippen molar-refractivity contribution in [1.82, 2.24) is 5.01 Å². The normalized spacial score (nSPS) is 12.8. The van der Waals surface area contributed by atoms with Crippen LogP contribution >= 0.6 is 11.6 Å². The molecule has 0 rings (SSSR count). The third-order valence-electron chi connectivity index (χ3n) is 2.33. The Balaban J connectivity index is 5.12. The lowest BCUT2D eigenvalue weighted by Gasteiger charge is -2.26. The fourth-order valence-electron chi connectivity index (χ4n) is 1.28. The molecule has 0 N–H and O–H groups in total. The van der Waals surface area contributed by atoms with Crippen LogP contribution in [0.3, 0.4) is 0 Å². The number of hydrazone groups is 1. The van der Waals surface area contributed by atoms with E-state index in [9.17, 15) is 9.59 Å². The molecule has 7 heteroatoms. The van der Waals surface area contributed by atoms with E-state index in [-0.39, 0.29) is 18.6 Å². The maximum absolute atomic E-state index is 12.2. The van der Waals surface area contributed by atoms with Crippen molar-refractivity contribution in [3.05, 3.63) is 0 Å². The van der Waals surface area contributed by atoms with Crippen molar-refractivity contribution >= 4 is 28.8 Å². The molecule has 0 aliphatic rings. The first-order valence-corrected chi connectivity index (χ1v) is 7.65. The number of nitrogens with zero attached hydrogens (tertiary/aromatic N) is 2. The summed E-state index contributed by atoms with van der Waals surface area (Å²) in [7, 11) is 0. The Morgan fingerprint density at radius 3 is 2.09 bits per heavy atom. The Labute approximate surface area is 137 Å². The van der Waals surface area contributed by atoms with E-state index in [4.69, 9.17) is 21.1 Å². The first-order chi connectivity index (χ1) is 9.85. The van der Waals surface area contributed by atoms with Crippen LogP contribution in [0.5, 0.6) is 0 Å². The molecule has 0 spiro atoms. The second-order valence-corrected chi connectivity index (χ2v) is 7.38. The third kappa shape index (κ3) is 9.60. The van der Waals surface area contributed by atoms with Gasteiger partial charge in [0.1, 0.15) is 5.60 Å². The van der Waals surface area contributed by atoms with Crippen LogP contribution in [-0.2, 0) is 14.3 Å². The van der Waals surface area contributed by atoms with Crippen molar-refractivity contribution in [2.24, 2.45) is 10.5 Å². The van der Waals surface area contributed by atoms with E-state index in [2.05, 4.69) is 5.10 Å². The highest BCUT2D eigenvalue weighted by atomic mass is 35.5. The van der Waals surface area contributed by atoms with E-state index < -0.39 is 22.8 Å². The number of hydrogen-bond donors (Lipinski definition) is 0. The van der Waals surface area contributed by atoms with Gasteiger partial charge in [0.25, 0.3) is 0 Å². The summed E-state index contributed by atoms with van der Waals surface area (Å²) < 4.78 is 10.0. The third-order valence-corrected chi connectivity index (χ3v) is 2.56. The van der Waals surface area contributed by atoms with Crippen LogP contribution < -0.4 is 0 Å².